The third kappa shape index (κ3) is 4.48. The highest BCUT2D eigenvalue weighted by Crippen LogP contribution is 2.24. The topological polar surface area (TPSA) is 44.5 Å². The number of hydrogen-bond acceptors (Lipinski definition) is 4. The number of β-amino-alcohol motifs (C(OH)–C–C–N with tert-alkyl or cyclic N) is 1. The van der Waals surface area contributed by atoms with Gasteiger partial charge in [-0.15, -0.1) is 0 Å². The van der Waals surface area contributed by atoms with Gasteiger partial charge in [-0.1, -0.05) is 12.1 Å². The number of likely N-dealkylation sites (tertiary alicyclic amines) is 1. The van der Waals surface area contributed by atoms with Crippen molar-refractivity contribution in [2.45, 2.75) is 38.8 Å². The molecule has 0 amide bonds. The molecule has 3 rings (SSSR count). The third-order valence-corrected chi connectivity index (χ3v) is 4.82. The van der Waals surface area contributed by atoms with Gasteiger partial charge in [-0.2, -0.15) is 5.10 Å². The number of nitrogens with zero attached hydrogens (tertiary/aromatic N) is 4. The first-order valence-corrected chi connectivity index (χ1v) is 9.07. The van der Waals surface area contributed by atoms with Crippen LogP contribution < -0.4 is 0 Å². The number of piperidine rings is 1. The lowest BCUT2D eigenvalue weighted by molar-refractivity contribution is -0.0479. The van der Waals surface area contributed by atoms with Crippen LogP contribution in [0.25, 0.3) is 5.69 Å². The number of rotatable bonds is 5. The molecule has 1 aliphatic heterocycles. The third-order valence-electron chi connectivity index (χ3n) is 4.82. The number of likely N-dealkylation sites (N-methyl/N-ethyl adjacent to an activating group) is 1. The molecule has 5 nitrogen and oxygen atoms in total. The number of aliphatic hydroxyl groups is 1. The zero-order chi connectivity index (χ0) is 18.0. The van der Waals surface area contributed by atoms with Crippen LogP contribution >= 0.6 is 0 Å². The molecule has 1 aromatic heterocycles. The van der Waals surface area contributed by atoms with Crippen molar-refractivity contribution in [2.75, 3.05) is 33.7 Å². The van der Waals surface area contributed by atoms with Crippen molar-refractivity contribution in [3.63, 3.8) is 0 Å². The zero-order valence-corrected chi connectivity index (χ0v) is 15.9. The van der Waals surface area contributed by atoms with Gasteiger partial charge in [0.25, 0.3) is 0 Å². The second-order valence-electron chi connectivity index (χ2n) is 7.79. The van der Waals surface area contributed by atoms with E-state index in [0.717, 1.165) is 56.1 Å². The summed E-state index contributed by atoms with van der Waals surface area (Å²) in [6, 6.07) is 10.7. The smallest absolute Gasteiger partial charge is 0.0900 e. The molecule has 1 N–H and O–H groups in total. The molecule has 2 heterocycles. The minimum Gasteiger partial charge on any atom is -0.387 e. The van der Waals surface area contributed by atoms with Crippen LogP contribution in [0.4, 0.5) is 0 Å². The predicted molar refractivity (Wildman–Crippen MR) is 101 cm³/mol. The van der Waals surface area contributed by atoms with Crippen LogP contribution in [0.1, 0.15) is 29.8 Å². The van der Waals surface area contributed by atoms with Gasteiger partial charge in [-0.25, -0.2) is 4.68 Å². The molecule has 1 aromatic carbocycles. The first-order chi connectivity index (χ1) is 11.8. The molecule has 0 aliphatic carbocycles. The Morgan fingerprint density at radius 2 is 2.04 bits per heavy atom. The Morgan fingerprint density at radius 1 is 1.24 bits per heavy atom. The van der Waals surface area contributed by atoms with E-state index in [0.29, 0.717) is 0 Å². The maximum absolute atomic E-state index is 10.9. The minimum atomic E-state index is -0.602. The van der Waals surface area contributed by atoms with Crippen LogP contribution in [0.15, 0.2) is 30.3 Å². The van der Waals surface area contributed by atoms with Gasteiger partial charge in [-0.3, -0.25) is 4.90 Å². The van der Waals surface area contributed by atoms with E-state index in [9.17, 15) is 5.11 Å². The first-order valence-electron chi connectivity index (χ1n) is 9.07. The van der Waals surface area contributed by atoms with Crippen LogP contribution in [0.5, 0.6) is 0 Å². The van der Waals surface area contributed by atoms with E-state index in [1.807, 2.05) is 25.7 Å². The lowest BCUT2D eigenvalue weighted by Gasteiger charge is -2.40. The minimum absolute atomic E-state index is 0.602. The lowest BCUT2D eigenvalue weighted by atomic mass is 9.92. The summed E-state index contributed by atoms with van der Waals surface area (Å²) < 4.78 is 2.00. The van der Waals surface area contributed by atoms with Crippen LogP contribution in [0.3, 0.4) is 0 Å². The number of aromatic nitrogens is 2. The number of aryl methyl sites for hydroxylation is 2. The highest BCUT2D eigenvalue weighted by Gasteiger charge is 2.33. The van der Waals surface area contributed by atoms with Crippen molar-refractivity contribution >= 4 is 0 Å². The Morgan fingerprint density at radius 3 is 2.72 bits per heavy atom. The highest BCUT2D eigenvalue weighted by molar-refractivity contribution is 5.37. The lowest BCUT2D eigenvalue weighted by Crippen LogP contribution is -2.52. The fraction of sp³-hybridized carbons (Fsp3) is 0.550. The van der Waals surface area contributed by atoms with E-state index in [1.165, 1.54) is 5.56 Å². The van der Waals surface area contributed by atoms with Gasteiger partial charge in [0.2, 0.25) is 0 Å². The SMILES string of the molecule is Cc1cc(C)n(-c2cccc(CN3CCC[C@@](O)(CN(C)C)C3)c2)n1. The second-order valence-corrected chi connectivity index (χ2v) is 7.79. The normalized spacial score (nSPS) is 21.8. The number of benzene rings is 1. The Kier molecular flexibility index (Phi) is 5.27. The Bertz CT molecular complexity index is 724. The summed E-state index contributed by atoms with van der Waals surface area (Å²) in [6.07, 6.45) is 1.93. The molecule has 1 atom stereocenters. The quantitative estimate of drug-likeness (QED) is 0.906. The Balaban J connectivity index is 1.73. The van der Waals surface area contributed by atoms with Crippen molar-refractivity contribution in [1.29, 1.82) is 0 Å². The van der Waals surface area contributed by atoms with Gasteiger partial charge < -0.3 is 10.0 Å². The van der Waals surface area contributed by atoms with Gasteiger partial charge in [0.15, 0.2) is 0 Å². The average Bonchev–Trinajstić information content (AvgIpc) is 2.85. The molecule has 2 aromatic rings. The number of hydrogen-bond donors (Lipinski definition) is 1. The highest BCUT2D eigenvalue weighted by atomic mass is 16.3. The summed E-state index contributed by atoms with van der Waals surface area (Å²) in [7, 11) is 4.05. The fourth-order valence-electron chi connectivity index (χ4n) is 3.99. The summed E-state index contributed by atoms with van der Waals surface area (Å²) in [6.45, 7) is 7.46. The molecular weight excluding hydrogens is 312 g/mol. The summed E-state index contributed by atoms with van der Waals surface area (Å²) in [4.78, 5) is 4.44. The van der Waals surface area contributed by atoms with Crippen molar-refractivity contribution < 1.29 is 5.11 Å². The standard InChI is InChI=1S/C20H30N4O/c1-16-11-17(2)24(21-16)19-8-5-7-18(12-19)13-23-10-6-9-20(25,15-23)14-22(3)4/h5,7-8,11-12,25H,6,9-10,13-15H2,1-4H3/t20-/m1/s1. The maximum Gasteiger partial charge on any atom is 0.0900 e. The Hall–Kier alpha value is -1.69. The fourth-order valence-corrected chi connectivity index (χ4v) is 3.99. The predicted octanol–water partition coefficient (Wildman–Crippen LogP) is 2.38. The van der Waals surface area contributed by atoms with E-state index in [1.54, 1.807) is 0 Å². The van der Waals surface area contributed by atoms with E-state index >= 15 is 0 Å². The van der Waals surface area contributed by atoms with E-state index in [4.69, 9.17) is 0 Å². The molecule has 1 saturated heterocycles. The molecule has 0 spiro atoms. The molecule has 0 bridgehead atoms. The second kappa shape index (κ2) is 7.28. The van der Waals surface area contributed by atoms with Gasteiger partial charge in [0, 0.05) is 25.3 Å². The summed E-state index contributed by atoms with van der Waals surface area (Å²) in [5.41, 5.74) is 3.94. The molecular formula is C20H30N4O. The van der Waals surface area contributed by atoms with Crippen LogP contribution in [-0.4, -0.2) is 64.0 Å². The molecule has 5 heteroatoms. The molecule has 0 unspecified atom stereocenters. The van der Waals surface area contributed by atoms with E-state index < -0.39 is 5.60 Å². The van der Waals surface area contributed by atoms with Crippen LogP contribution in [0, 0.1) is 13.8 Å². The zero-order valence-electron chi connectivity index (χ0n) is 15.9. The monoisotopic (exact) mass is 342 g/mol. The van der Waals surface area contributed by atoms with Crippen LogP contribution in [-0.2, 0) is 6.54 Å². The van der Waals surface area contributed by atoms with E-state index in [2.05, 4.69) is 52.2 Å². The van der Waals surface area contributed by atoms with Crippen LogP contribution in [0.2, 0.25) is 0 Å². The molecule has 136 valence electrons. The largest absolute Gasteiger partial charge is 0.387 e. The van der Waals surface area contributed by atoms with Gasteiger partial charge in [0.05, 0.1) is 17.0 Å². The molecule has 1 fully saturated rings. The molecule has 25 heavy (non-hydrogen) atoms. The van der Waals surface area contributed by atoms with E-state index in [-0.39, 0.29) is 0 Å². The summed E-state index contributed by atoms with van der Waals surface area (Å²) in [5.74, 6) is 0. The molecule has 0 radical (unpaired) electrons. The maximum atomic E-state index is 10.9. The van der Waals surface area contributed by atoms with Crippen molar-refractivity contribution in [3.8, 4) is 5.69 Å². The van der Waals surface area contributed by atoms with Crippen molar-refractivity contribution in [3.05, 3.63) is 47.3 Å². The average molecular weight is 342 g/mol. The van der Waals surface area contributed by atoms with Gasteiger partial charge in [0.1, 0.15) is 0 Å². The Labute approximate surface area is 150 Å². The molecule has 0 saturated carbocycles. The summed E-state index contributed by atoms with van der Waals surface area (Å²) in [5, 5.41) is 15.4. The van der Waals surface area contributed by atoms with Gasteiger partial charge in [-0.05, 0) is 71.1 Å². The van der Waals surface area contributed by atoms with Crippen molar-refractivity contribution in [2.24, 2.45) is 0 Å². The van der Waals surface area contributed by atoms with Crippen molar-refractivity contribution in [1.82, 2.24) is 19.6 Å². The van der Waals surface area contributed by atoms with Gasteiger partial charge >= 0.3 is 0 Å². The first kappa shape index (κ1) is 18.1. The summed E-state index contributed by atoms with van der Waals surface area (Å²) >= 11 is 0. The molecule has 1 aliphatic rings.